The van der Waals surface area contributed by atoms with Crippen LogP contribution in [0.1, 0.15) is 0 Å². The van der Waals surface area contributed by atoms with Crippen molar-refractivity contribution in [1.29, 1.82) is 0 Å². The van der Waals surface area contributed by atoms with Crippen LogP contribution in [0.25, 0.3) is 0 Å². The Morgan fingerprint density at radius 2 is 2.00 bits per heavy atom. The van der Waals surface area contributed by atoms with Gasteiger partial charge >= 0.3 is 0 Å². The molecule has 0 saturated carbocycles. The van der Waals surface area contributed by atoms with Crippen molar-refractivity contribution in [2.75, 3.05) is 38.5 Å². The van der Waals surface area contributed by atoms with Crippen LogP contribution in [0.5, 0.6) is 5.75 Å². The van der Waals surface area contributed by atoms with Crippen molar-refractivity contribution in [1.82, 2.24) is 0 Å². The van der Waals surface area contributed by atoms with Crippen molar-refractivity contribution in [2.45, 2.75) is 0 Å². The molecule has 0 heterocycles. The highest BCUT2D eigenvalue weighted by molar-refractivity contribution is 5.75. The van der Waals surface area contributed by atoms with E-state index in [0.717, 1.165) is 17.1 Å². The van der Waals surface area contributed by atoms with Gasteiger partial charge in [0.25, 0.3) is 0 Å². The molecule has 0 aliphatic carbocycles. The number of hydrogen-bond acceptors (Lipinski definition) is 3. The van der Waals surface area contributed by atoms with Gasteiger partial charge in [0.15, 0.2) is 0 Å². The first-order chi connectivity index (χ1) is 6.20. The molecule has 0 spiro atoms. The van der Waals surface area contributed by atoms with Crippen molar-refractivity contribution in [3.63, 3.8) is 0 Å². The lowest BCUT2D eigenvalue weighted by Crippen LogP contribution is -2.11. The standard InChI is InChI=1S/C10H16N2O/c1-11-10-8(12(2)3)6-5-7-9(10)13-4/h5-7,11H,1-4H3. The summed E-state index contributed by atoms with van der Waals surface area (Å²) in [6, 6.07) is 5.97. The predicted molar refractivity (Wildman–Crippen MR) is 56.9 cm³/mol. The first kappa shape index (κ1) is 9.71. The number of benzene rings is 1. The lowest BCUT2D eigenvalue weighted by atomic mass is 10.2. The number of ether oxygens (including phenoxy) is 1. The number of anilines is 2. The normalized spacial score (nSPS) is 9.54. The molecule has 1 aromatic carbocycles. The van der Waals surface area contributed by atoms with Crippen LogP contribution in [0.15, 0.2) is 18.2 Å². The number of nitrogens with one attached hydrogen (secondary N) is 1. The fourth-order valence-corrected chi connectivity index (χ4v) is 1.31. The molecule has 0 fully saturated rings. The van der Waals surface area contributed by atoms with E-state index in [-0.39, 0.29) is 0 Å². The van der Waals surface area contributed by atoms with E-state index in [0.29, 0.717) is 0 Å². The van der Waals surface area contributed by atoms with Gasteiger partial charge in [0.05, 0.1) is 12.8 Å². The second kappa shape index (κ2) is 4.03. The first-order valence-electron chi connectivity index (χ1n) is 4.22. The Balaban J connectivity index is 3.19. The smallest absolute Gasteiger partial charge is 0.144 e. The van der Waals surface area contributed by atoms with Crippen LogP contribution < -0.4 is 15.0 Å². The third-order valence-electron chi connectivity index (χ3n) is 1.96. The first-order valence-corrected chi connectivity index (χ1v) is 4.22. The Hall–Kier alpha value is -1.38. The Morgan fingerprint density at radius 3 is 2.46 bits per heavy atom. The summed E-state index contributed by atoms with van der Waals surface area (Å²) in [5, 5.41) is 3.13. The van der Waals surface area contributed by atoms with Crippen LogP contribution in [-0.4, -0.2) is 28.3 Å². The summed E-state index contributed by atoms with van der Waals surface area (Å²) in [5.74, 6) is 0.869. The van der Waals surface area contributed by atoms with Gasteiger partial charge in [-0.05, 0) is 12.1 Å². The van der Waals surface area contributed by atoms with Gasteiger partial charge in [-0.3, -0.25) is 0 Å². The number of methoxy groups -OCH3 is 1. The lowest BCUT2D eigenvalue weighted by Gasteiger charge is -2.19. The Bertz CT molecular complexity index is 284. The van der Waals surface area contributed by atoms with E-state index in [4.69, 9.17) is 4.74 Å². The summed E-state index contributed by atoms with van der Waals surface area (Å²) >= 11 is 0. The predicted octanol–water partition coefficient (Wildman–Crippen LogP) is 1.80. The minimum atomic E-state index is 0.869. The maximum atomic E-state index is 5.24. The SMILES string of the molecule is CNc1c(OC)cccc1N(C)C. The van der Waals surface area contributed by atoms with Crippen molar-refractivity contribution in [3.05, 3.63) is 18.2 Å². The maximum absolute atomic E-state index is 5.24. The van der Waals surface area contributed by atoms with Gasteiger partial charge in [-0.15, -0.1) is 0 Å². The molecular formula is C10H16N2O. The summed E-state index contributed by atoms with van der Waals surface area (Å²) in [5.41, 5.74) is 2.15. The van der Waals surface area contributed by atoms with E-state index < -0.39 is 0 Å². The number of rotatable bonds is 3. The summed E-state index contributed by atoms with van der Waals surface area (Å²) in [6.07, 6.45) is 0. The van der Waals surface area contributed by atoms with E-state index in [1.165, 1.54) is 0 Å². The topological polar surface area (TPSA) is 24.5 Å². The minimum absolute atomic E-state index is 0.869. The molecule has 0 radical (unpaired) electrons. The molecule has 0 bridgehead atoms. The lowest BCUT2D eigenvalue weighted by molar-refractivity contribution is 0.416. The molecular weight excluding hydrogens is 164 g/mol. The average Bonchev–Trinajstić information content (AvgIpc) is 2.16. The Labute approximate surface area is 79.3 Å². The van der Waals surface area contributed by atoms with Crippen LogP contribution in [0.3, 0.4) is 0 Å². The quantitative estimate of drug-likeness (QED) is 0.767. The number of hydrogen-bond donors (Lipinski definition) is 1. The van der Waals surface area contributed by atoms with Gasteiger partial charge in [0.2, 0.25) is 0 Å². The van der Waals surface area contributed by atoms with E-state index in [2.05, 4.69) is 5.32 Å². The highest BCUT2D eigenvalue weighted by Crippen LogP contribution is 2.33. The fraction of sp³-hybridized carbons (Fsp3) is 0.400. The van der Waals surface area contributed by atoms with Crippen LogP contribution in [0, 0.1) is 0 Å². The average molecular weight is 180 g/mol. The van der Waals surface area contributed by atoms with E-state index >= 15 is 0 Å². The zero-order chi connectivity index (χ0) is 9.84. The van der Waals surface area contributed by atoms with E-state index in [9.17, 15) is 0 Å². The highest BCUT2D eigenvalue weighted by atomic mass is 16.5. The molecule has 0 aromatic heterocycles. The van der Waals surface area contributed by atoms with E-state index in [1.807, 2.05) is 44.2 Å². The van der Waals surface area contributed by atoms with Gasteiger partial charge in [0.1, 0.15) is 11.4 Å². The number of para-hydroxylation sites is 1. The third-order valence-corrected chi connectivity index (χ3v) is 1.96. The Kier molecular flexibility index (Phi) is 3.01. The second-order valence-electron chi connectivity index (χ2n) is 3.00. The van der Waals surface area contributed by atoms with Crippen molar-refractivity contribution < 1.29 is 4.74 Å². The van der Waals surface area contributed by atoms with Crippen molar-refractivity contribution in [2.24, 2.45) is 0 Å². The van der Waals surface area contributed by atoms with Crippen LogP contribution in [-0.2, 0) is 0 Å². The molecule has 3 nitrogen and oxygen atoms in total. The minimum Gasteiger partial charge on any atom is -0.495 e. The number of nitrogens with zero attached hydrogens (tertiary/aromatic N) is 1. The van der Waals surface area contributed by atoms with Gasteiger partial charge in [-0.2, -0.15) is 0 Å². The molecule has 0 aliphatic rings. The van der Waals surface area contributed by atoms with Gasteiger partial charge in [-0.1, -0.05) is 6.07 Å². The second-order valence-corrected chi connectivity index (χ2v) is 3.00. The molecule has 0 aliphatic heterocycles. The van der Waals surface area contributed by atoms with Crippen molar-refractivity contribution >= 4 is 11.4 Å². The van der Waals surface area contributed by atoms with Crippen LogP contribution in [0.2, 0.25) is 0 Å². The molecule has 0 unspecified atom stereocenters. The fourth-order valence-electron chi connectivity index (χ4n) is 1.31. The maximum Gasteiger partial charge on any atom is 0.144 e. The van der Waals surface area contributed by atoms with Gasteiger partial charge in [0, 0.05) is 21.1 Å². The zero-order valence-electron chi connectivity index (χ0n) is 8.59. The largest absolute Gasteiger partial charge is 0.495 e. The highest BCUT2D eigenvalue weighted by Gasteiger charge is 2.07. The molecule has 1 aromatic rings. The van der Waals surface area contributed by atoms with Crippen LogP contribution in [0.4, 0.5) is 11.4 Å². The Morgan fingerprint density at radius 1 is 1.31 bits per heavy atom. The molecule has 1 N–H and O–H groups in total. The van der Waals surface area contributed by atoms with Crippen LogP contribution >= 0.6 is 0 Å². The van der Waals surface area contributed by atoms with Gasteiger partial charge < -0.3 is 15.0 Å². The monoisotopic (exact) mass is 180 g/mol. The molecule has 13 heavy (non-hydrogen) atoms. The summed E-state index contributed by atoms with van der Waals surface area (Å²) < 4.78 is 5.24. The van der Waals surface area contributed by atoms with Gasteiger partial charge in [-0.25, -0.2) is 0 Å². The summed E-state index contributed by atoms with van der Waals surface area (Å²) in [6.45, 7) is 0. The molecule has 0 saturated heterocycles. The molecule has 72 valence electrons. The molecule has 3 heteroatoms. The molecule has 1 rings (SSSR count). The summed E-state index contributed by atoms with van der Waals surface area (Å²) in [4.78, 5) is 2.05. The van der Waals surface area contributed by atoms with Crippen molar-refractivity contribution in [3.8, 4) is 5.75 Å². The zero-order valence-corrected chi connectivity index (χ0v) is 8.59. The molecule has 0 amide bonds. The third kappa shape index (κ3) is 1.86. The van der Waals surface area contributed by atoms with E-state index in [1.54, 1.807) is 7.11 Å². The molecule has 0 atom stereocenters. The summed E-state index contributed by atoms with van der Waals surface area (Å²) in [7, 11) is 7.59.